The third-order valence-electron chi connectivity index (χ3n) is 5.64. The highest BCUT2D eigenvalue weighted by Crippen LogP contribution is 2.40. The number of nitrogens with one attached hydrogen (secondary N) is 1. The number of hydrogen-bond donors (Lipinski definition) is 2. The van der Waals surface area contributed by atoms with E-state index in [2.05, 4.69) is 5.32 Å². The Bertz CT molecular complexity index is 503. The van der Waals surface area contributed by atoms with Gasteiger partial charge in [-0.05, 0) is 37.5 Å². The van der Waals surface area contributed by atoms with Gasteiger partial charge in [0.25, 0.3) is 0 Å². The molecule has 0 aromatic heterocycles. The van der Waals surface area contributed by atoms with E-state index in [1.54, 1.807) is 0 Å². The van der Waals surface area contributed by atoms with Crippen LogP contribution < -0.4 is 11.1 Å². The van der Waals surface area contributed by atoms with E-state index >= 15 is 0 Å². The van der Waals surface area contributed by atoms with Crippen molar-refractivity contribution in [3.05, 3.63) is 0 Å². The average molecular weight is 384 g/mol. The number of amides is 2. The summed E-state index contributed by atoms with van der Waals surface area (Å²) >= 11 is 0. The van der Waals surface area contributed by atoms with Gasteiger partial charge in [-0.25, -0.2) is 0 Å². The van der Waals surface area contributed by atoms with Crippen LogP contribution in [-0.4, -0.2) is 48.1 Å². The summed E-state index contributed by atoms with van der Waals surface area (Å²) in [5.41, 5.74) is 6.06. The highest BCUT2D eigenvalue weighted by molar-refractivity contribution is 5.89. The number of nitrogens with zero attached hydrogens (tertiary/aromatic N) is 1. The first-order valence-electron chi connectivity index (χ1n) is 8.63. The number of hydrogen-bond acceptors (Lipinski definition) is 3. The minimum absolute atomic E-state index is 0. The second kappa shape index (κ2) is 7.70. The number of likely N-dealkylation sites (tertiary alicyclic amines) is 1. The Morgan fingerprint density at radius 3 is 2.40 bits per heavy atom. The fourth-order valence-corrected chi connectivity index (χ4v) is 4.62. The van der Waals surface area contributed by atoms with E-state index in [1.165, 1.54) is 0 Å². The number of carbonyl (C=O) groups is 2. The molecule has 144 valence electrons. The van der Waals surface area contributed by atoms with Crippen molar-refractivity contribution in [3.63, 3.8) is 0 Å². The summed E-state index contributed by atoms with van der Waals surface area (Å²) in [5.74, 6) is -0.875. The molecule has 3 fully saturated rings. The Hall–Kier alpha value is -1.02. The summed E-state index contributed by atoms with van der Waals surface area (Å²) in [6.45, 7) is -1.43. The van der Waals surface area contributed by atoms with Gasteiger partial charge >= 0.3 is 6.18 Å². The quantitative estimate of drug-likeness (QED) is 0.780. The fourth-order valence-electron chi connectivity index (χ4n) is 4.62. The monoisotopic (exact) mass is 383 g/mol. The van der Waals surface area contributed by atoms with Crippen LogP contribution in [0.15, 0.2) is 0 Å². The molecule has 2 aliphatic carbocycles. The Labute approximate surface area is 151 Å². The van der Waals surface area contributed by atoms with E-state index in [9.17, 15) is 22.8 Å². The van der Waals surface area contributed by atoms with E-state index in [0.29, 0.717) is 11.8 Å². The number of halogens is 4. The van der Waals surface area contributed by atoms with Gasteiger partial charge in [-0.3, -0.25) is 9.59 Å². The summed E-state index contributed by atoms with van der Waals surface area (Å²) in [4.78, 5) is 24.9. The van der Waals surface area contributed by atoms with Crippen LogP contribution in [0.25, 0.3) is 0 Å². The molecule has 2 bridgehead atoms. The molecule has 3 rings (SSSR count). The first-order chi connectivity index (χ1) is 11.2. The Balaban J connectivity index is 0.00000225. The van der Waals surface area contributed by atoms with Crippen LogP contribution in [-0.2, 0) is 9.59 Å². The van der Waals surface area contributed by atoms with Crippen LogP contribution in [0.1, 0.15) is 38.5 Å². The molecule has 5 nitrogen and oxygen atoms in total. The van der Waals surface area contributed by atoms with E-state index in [1.807, 2.05) is 0 Å². The van der Waals surface area contributed by atoms with Gasteiger partial charge in [0.05, 0.1) is 5.92 Å². The molecule has 9 heteroatoms. The second-order valence-corrected chi connectivity index (χ2v) is 7.51. The molecule has 1 heterocycles. The first kappa shape index (κ1) is 20.3. The van der Waals surface area contributed by atoms with Crippen LogP contribution in [0.4, 0.5) is 13.2 Å². The molecule has 2 amide bonds. The molecule has 1 saturated heterocycles. The molecular weight excluding hydrogens is 359 g/mol. The number of carbonyl (C=O) groups excluding carboxylic acids is 2. The van der Waals surface area contributed by atoms with E-state index in [4.69, 9.17) is 5.73 Å². The molecule has 3 aliphatic rings. The van der Waals surface area contributed by atoms with Crippen LogP contribution in [0.2, 0.25) is 0 Å². The van der Waals surface area contributed by atoms with Crippen LogP contribution in [0.3, 0.4) is 0 Å². The Morgan fingerprint density at radius 2 is 1.84 bits per heavy atom. The van der Waals surface area contributed by atoms with Gasteiger partial charge in [0.15, 0.2) is 0 Å². The minimum atomic E-state index is -4.43. The molecule has 0 aromatic rings. The molecule has 3 atom stereocenters. The summed E-state index contributed by atoms with van der Waals surface area (Å²) in [6.07, 6.45) is 0.380. The van der Waals surface area contributed by atoms with Crippen molar-refractivity contribution in [1.29, 1.82) is 0 Å². The molecule has 0 aromatic carbocycles. The first-order valence-corrected chi connectivity index (χ1v) is 8.63. The van der Waals surface area contributed by atoms with Crippen molar-refractivity contribution in [2.45, 2.75) is 56.8 Å². The van der Waals surface area contributed by atoms with E-state index in [-0.39, 0.29) is 43.4 Å². The lowest BCUT2D eigenvalue weighted by Crippen LogP contribution is -2.54. The van der Waals surface area contributed by atoms with E-state index in [0.717, 1.165) is 37.0 Å². The summed E-state index contributed by atoms with van der Waals surface area (Å²) in [7, 11) is 0. The average Bonchev–Trinajstić information content (AvgIpc) is 2.79. The predicted molar refractivity (Wildman–Crippen MR) is 88.0 cm³/mol. The maximum atomic E-state index is 12.5. The molecule has 0 radical (unpaired) electrons. The predicted octanol–water partition coefficient (Wildman–Crippen LogP) is 1.84. The van der Waals surface area contributed by atoms with Gasteiger partial charge < -0.3 is 16.0 Å². The smallest absolute Gasteiger partial charge is 0.353 e. The van der Waals surface area contributed by atoms with Gasteiger partial charge in [-0.1, -0.05) is 6.42 Å². The van der Waals surface area contributed by atoms with Gasteiger partial charge in [0.2, 0.25) is 11.8 Å². The molecule has 3 N–H and O–H groups in total. The molecule has 3 unspecified atom stereocenters. The third-order valence-corrected chi connectivity index (χ3v) is 5.64. The SMILES string of the molecule is Cl.NC1CC2CCCC(C1)C2NC(=O)C1CC(=O)N(CC(F)(F)F)C1. The molecule has 25 heavy (non-hydrogen) atoms. The van der Waals surface area contributed by atoms with Crippen molar-refractivity contribution in [2.75, 3.05) is 13.1 Å². The molecule has 2 saturated carbocycles. The highest BCUT2D eigenvalue weighted by atomic mass is 35.5. The molecule has 1 aliphatic heterocycles. The maximum Gasteiger partial charge on any atom is 0.406 e. The lowest BCUT2D eigenvalue weighted by atomic mass is 9.67. The zero-order valence-corrected chi connectivity index (χ0v) is 14.7. The van der Waals surface area contributed by atoms with Gasteiger partial charge in [-0.15, -0.1) is 12.4 Å². The van der Waals surface area contributed by atoms with Crippen molar-refractivity contribution >= 4 is 24.2 Å². The zero-order valence-electron chi connectivity index (χ0n) is 13.9. The second-order valence-electron chi connectivity index (χ2n) is 7.51. The highest BCUT2D eigenvalue weighted by Gasteiger charge is 2.44. The lowest BCUT2D eigenvalue weighted by Gasteiger charge is -2.45. The van der Waals surface area contributed by atoms with Crippen molar-refractivity contribution < 1.29 is 22.8 Å². The van der Waals surface area contributed by atoms with Gasteiger partial charge in [0.1, 0.15) is 6.54 Å². The standard InChI is InChI=1S/C16H24F3N3O2.ClH/c17-16(18,19)8-22-7-11(6-13(22)23)15(24)21-14-9-2-1-3-10(14)5-12(20)4-9;/h9-12,14H,1-8,20H2,(H,21,24);1H. The molecule has 0 spiro atoms. The molecular formula is C16H25ClF3N3O2. The number of alkyl halides is 3. The van der Waals surface area contributed by atoms with Crippen molar-refractivity contribution in [3.8, 4) is 0 Å². The van der Waals surface area contributed by atoms with Crippen LogP contribution in [0.5, 0.6) is 0 Å². The number of rotatable bonds is 3. The zero-order chi connectivity index (χ0) is 17.5. The summed E-state index contributed by atoms with van der Waals surface area (Å²) < 4.78 is 37.4. The van der Waals surface area contributed by atoms with Crippen LogP contribution >= 0.6 is 12.4 Å². The number of nitrogens with two attached hydrogens (primary N) is 1. The van der Waals surface area contributed by atoms with E-state index < -0.39 is 24.5 Å². The Kier molecular flexibility index (Phi) is 6.25. The minimum Gasteiger partial charge on any atom is -0.353 e. The van der Waals surface area contributed by atoms with Crippen LogP contribution in [0, 0.1) is 17.8 Å². The lowest BCUT2D eigenvalue weighted by molar-refractivity contribution is -0.157. The largest absolute Gasteiger partial charge is 0.406 e. The summed E-state index contributed by atoms with van der Waals surface area (Å²) in [6, 6.07) is 0.224. The third kappa shape index (κ3) is 4.78. The fraction of sp³-hybridized carbons (Fsp3) is 0.875. The normalized spacial score (nSPS) is 35.3. The van der Waals surface area contributed by atoms with Crippen molar-refractivity contribution in [1.82, 2.24) is 10.2 Å². The van der Waals surface area contributed by atoms with Gasteiger partial charge in [0, 0.05) is 25.0 Å². The van der Waals surface area contributed by atoms with Gasteiger partial charge in [-0.2, -0.15) is 13.2 Å². The summed E-state index contributed by atoms with van der Waals surface area (Å²) in [5, 5.41) is 3.03. The van der Waals surface area contributed by atoms with Crippen molar-refractivity contribution in [2.24, 2.45) is 23.5 Å². The topological polar surface area (TPSA) is 75.4 Å². The maximum absolute atomic E-state index is 12.5. The number of fused-ring (bicyclic) bond motifs is 2. The Morgan fingerprint density at radius 1 is 1.24 bits per heavy atom.